The predicted molar refractivity (Wildman–Crippen MR) is 90.4 cm³/mol. The average Bonchev–Trinajstić information content (AvgIpc) is 2.37. The summed E-state index contributed by atoms with van der Waals surface area (Å²) in [5, 5.41) is 19.2. The molecule has 0 spiro atoms. The van der Waals surface area contributed by atoms with Crippen LogP contribution in [0.1, 0.15) is 26.3 Å². The molecule has 0 aliphatic carbocycles. The quantitative estimate of drug-likeness (QED) is 0.829. The van der Waals surface area contributed by atoms with Crippen LogP contribution in [0.5, 0.6) is 0 Å². The van der Waals surface area contributed by atoms with Crippen molar-refractivity contribution in [2.45, 2.75) is 26.2 Å². The molecular weight excluding hydrogens is 306 g/mol. The Labute approximate surface area is 135 Å². The summed E-state index contributed by atoms with van der Waals surface area (Å²) in [5.74, 6) is 0. The van der Waals surface area contributed by atoms with Crippen molar-refractivity contribution >= 4 is 35.8 Å². The Balaban J connectivity index is 2.47. The molecule has 0 aromatic heterocycles. The van der Waals surface area contributed by atoms with Crippen LogP contribution in [-0.4, -0.2) is 17.2 Å². The van der Waals surface area contributed by atoms with Gasteiger partial charge in [-0.25, -0.2) is 0 Å². The zero-order chi connectivity index (χ0) is 15.8. The molecule has 0 unspecified atom stereocenters. The molecule has 2 rings (SSSR count). The first-order valence-corrected chi connectivity index (χ1v) is 7.42. The Morgan fingerprint density at radius 1 is 0.905 bits per heavy atom. The first-order chi connectivity index (χ1) is 9.70. The van der Waals surface area contributed by atoms with E-state index in [2.05, 4.69) is 32.9 Å². The van der Waals surface area contributed by atoms with Crippen LogP contribution in [0.3, 0.4) is 0 Å². The van der Waals surface area contributed by atoms with Gasteiger partial charge in [-0.3, -0.25) is 0 Å². The van der Waals surface area contributed by atoms with Gasteiger partial charge in [-0.2, -0.15) is 0 Å². The summed E-state index contributed by atoms with van der Waals surface area (Å²) in [4.78, 5) is 0. The molecule has 0 saturated heterocycles. The van der Waals surface area contributed by atoms with Gasteiger partial charge in [-0.05, 0) is 34.1 Å². The Morgan fingerprint density at radius 3 is 1.76 bits per heavy atom. The van der Waals surface area contributed by atoms with Gasteiger partial charge in [-0.15, -0.1) is 0 Å². The van der Waals surface area contributed by atoms with E-state index in [9.17, 15) is 10.0 Å². The number of hydrogen-bond donors (Lipinski definition) is 2. The molecule has 0 bridgehead atoms. The largest absolute Gasteiger partial charge is 0.488 e. The molecule has 2 aromatic rings. The normalized spacial score (nSPS) is 11.6. The second-order valence-electron chi connectivity index (χ2n) is 6.06. The van der Waals surface area contributed by atoms with Gasteiger partial charge in [0.15, 0.2) is 0 Å². The lowest BCUT2D eigenvalue weighted by molar-refractivity contribution is 0.426. The Kier molecular flexibility index (Phi) is 4.69. The third-order valence-corrected chi connectivity index (χ3v) is 4.00. The minimum Gasteiger partial charge on any atom is -0.423 e. The zero-order valence-corrected chi connectivity index (χ0v) is 13.7. The molecule has 2 nitrogen and oxygen atoms in total. The van der Waals surface area contributed by atoms with E-state index in [1.807, 2.05) is 12.1 Å². The van der Waals surface area contributed by atoms with E-state index in [4.69, 9.17) is 23.2 Å². The first-order valence-electron chi connectivity index (χ1n) is 6.66. The topological polar surface area (TPSA) is 40.5 Å². The fourth-order valence-electron chi connectivity index (χ4n) is 2.15. The average molecular weight is 323 g/mol. The molecule has 0 atom stereocenters. The van der Waals surface area contributed by atoms with Gasteiger partial charge >= 0.3 is 7.12 Å². The molecule has 2 N–H and O–H groups in total. The van der Waals surface area contributed by atoms with Crippen molar-refractivity contribution in [1.82, 2.24) is 0 Å². The number of hydrogen-bond acceptors (Lipinski definition) is 2. The number of rotatable bonds is 2. The predicted octanol–water partition coefficient (Wildman–Crippen LogP) is 3.64. The van der Waals surface area contributed by atoms with Gasteiger partial charge in [0.05, 0.1) is 0 Å². The summed E-state index contributed by atoms with van der Waals surface area (Å²) in [6.45, 7) is 6.46. The minimum atomic E-state index is -1.59. The van der Waals surface area contributed by atoms with E-state index in [-0.39, 0.29) is 10.9 Å². The molecule has 2 aromatic carbocycles. The van der Waals surface area contributed by atoms with Crippen LogP contribution in [0.4, 0.5) is 0 Å². The van der Waals surface area contributed by atoms with Crippen molar-refractivity contribution in [1.29, 1.82) is 0 Å². The summed E-state index contributed by atoms with van der Waals surface area (Å²) in [6, 6.07) is 11.1. The van der Waals surface area contributed by atoms with Crippen LogP contribution < -0.4 is 5.46 Å². The molecule has 0 fully saturated rings. The fourth-order valence-corrected chi connectivity index (χ4v) is 2.88. The van der Waals surface area contributed by atoms with E-state index >= 15 is 0 Å². The smallest absolute Gasteiger partial charge is 0.423 e. The van der Waals surface area contributed by atoms with E-state index in [1.165, 1.54) is 17.7 Å². The van der Waals surface area contributed by atoms with Gasteiger partial charge < -0.3 is 10.0 Å². The standard InChI is InChI=1S/C16H17BCl2O2/c1-16(2,3)11-6-4-10(5-7-11)15-13(18)8-12(17(20)21)9-14(15)19/h4-9,20-21H,1-3H3. The van der Waals surface area contributed by atoms with Gasteiger partial charge in [0.2, 0.25) is 0 Å². The lowest BCUT2D eigenvalue weighted by atomic mass is 9.79. The molecule has 0 radical (unpaired) electrons. The van der Waals surface area contributed by atoms with Gasteiger partial charge in [0.1, 0.15) is 0 Å². The molecule has 0 amide bonds. The highest BCUT2D eigenvalue weighted by Crippen LogP contribution is 2.35. The van der Waals surface area contributed by atoms with E-state index in [0.717, 1.165) is 5.56 Å². The van der Waals surface area contributed by atoms with Crippen molar-refractivity contribution in [3.8, 4) is 11.1 Å². The highest BCUT2D eigenvalue weighted by Gasteiger charge is 2.18. The minimum absolute atomic E-state index is 0.0803. The molecule has 0 aliphatic heterocycles. The van der Waals surface area contributed by atoms with Crippen LogP contribution >= 0.6 is 23.2 Å². The van der Waals surface area contributed by atoms with E-state index in [1.54, 1.807) is 0 Å². The van der Waals surface area contributed by atoms with Crippen LogP contribution in [0.25, 0.3) is 11.1 Å². The lowest BCUT2D eigenvalue weighted by Gasteiger charge is -2.19. The van der Waals surface area contributed by atoms with Crippen LogP contribution in [0.2, 0.25) is 10.0 Å². The second-order valence-corrected chi connectivity index (χ2v) is 6.87. The maximum Gasteiger partial charge on any atom is 0.488 e. The summed E-state index contributed by atoms with van der Waals surface area (Å²) in [5.41, 5.74) is 3.18. The molecular formula is C16H17BCl2O2. The maximum atomic E-state index is 9.20. The van der Waals surface area contributed by atoms with Crippen molar-refractivity contribution in [3.05, 3.63) is 52.0 Å². The van der Waals surface area contributed by atoms with Crippen molar-refractivity contribution in [2.24, 2.45) is 0 Å². The number of halogens is 2. The molecule has 110 valence electrons. The maximum absolute atomic E-state index is 9.20. The summed E-state index contributed by atoms with van der Waals surface area (Å²) in [6.07, 6.45) is 0. The summed E-state index contributed by atoms with van der Waals surface area (Å²) >= 11 is 12.5. The van der Waals surface area contributed by atoms with Gasteiger partial charge in [0, 0.05) is 15.6 Å². The monoisotopic (exact) mass is 322 g/mol. The first kappa shape index (κ1) is 16.4. The Bertz CT molecular complexity index is 623. The SMILES string of the molecule is CC(C)(C)c1ccc(-c2c(Cl)cc(B(O)O)cc2Cl)cc1. The molecule has 0 aliphatic rings. The van der Waals surface area contributed by atoms with E-state index in [0.29, 0.717) is 15.6 Å². The third kappa shape index (κ3) is 3.61. The molecule has 0 heterocycles. The van der Waals surface area contributed by atoms with Crippen LogP contribution in [0, 0.1) is 0 Å². The second kappa shape index (κ2) is 6.01. The lowest BCUT2D eigenvalue weighted by Crippen LogP contribution is -2.29. The Hall–Kier alpha value is -0.995. The summed E-state index contributed by atoms with van der Waals surface area (Å²) in [7, 11) is -1.59. The molecule has 5 heteroatoms. The highest BCUT2D eigenvalue weighted by atomic mass is 35.5. The molecule has 21 heavy (non-hydrogen) atoms. The van der Waals surface area contributed by atoms with E-state index < -0.39 is 7.12 Å². The zero-order valence-electron chi connectivity index (χ0n) is 12.2. The van der Waals surface area contributed by atoms with Crippen molar-refractivity contribution in [2.75, 3.05) is 0 Å². The van der Waals surface area contributed by atoms with Crippen molar-refractivity contribution in [3.63, 3.8) is 0 Å². The highest BCUT2D eigenvalue weighted by molar-refractivity contribution is 6.59. The number of benzene rings is 2. The fraction of sp³-hybridized carbons (Fsp3) is 0.250. The van der Waals surface area contributed by atoms with Crippen LogP contribution in [-0.2, 0) is 5.41 Å². The third-order valence-electron chi connectivity index (χ3n) is 3.40. The molecule has 0 saturated carbocycles. The Morgan fingerprint density at radius 2 is 1.38 bits per heavy atom. The van der Waals surface area contributed by atoms with Crippen LogP contribution in [0.15, 0.2) is 36.4 Å². The van der Waals surface area contributed by atoms with Gasteiger partial charge in [0.25, 0.3) is 0 Å². The summed E-state index contributed by atoms with van der Waals surface area (Å²) < 4.78 is 0. The van der Waals surface area contributed by atoms with Crippen molar-refractivity contribution < 1.29 is 10.0 Å². The van der Waals surface area contributed by atoms with Gasteiger partial charge in [-0.1, -0.05) is 68.2 Å².